The van der Waals surface area contributed by atoms with Gasteiger partial charge in [-0.3, -0.25) is 29.1 Å². The van der Waals surface area contributed by atoms with Gasteiger partial charge in [-0.05, 0) is 23.8 Å². The summed E-state index contributed by atoms with van der Waals surface area (Å²) < 4.78 is 4.91. The minimum absolute atomic E-state index is 0.0786. The molecule has 1 unspecified atom stereocenters. The number of amides is 3. The summed E-state index contributed by atoms with van der Waals surface area (Å²) in [4.78, 5) is 67.0. The number of nitrogens with one attached hydrogen (secondary N) is 2. The fraction of sp³-hybridized carbons (Fsp3) is 0.250. The molecule has 3 amide bonds. The summed E-state index contributed by atoms with van der Waals surface area (Å²) in [7, 11) is 0. The number of carboxylic acids is 1. The smallest absolute Gasteiger partial charge is 0.352 e. The number of rotatable bonds is 8. The fourth-order valence-corrected chi connectivity index (χ4v) is 5.28. The van der Waals surface area contributed by atoms with Crippen molar-refractivity contribution < 1.29 is 44.0 Å². The zero-order valence-corrected chi connectivity index (χ0v) is 20.6. The van der Waals surface area contributed by atoms with Gasteiger partial charge < -0.3 is 30.7 Å². The molecule has 1 aromatic carbocycles. The maximum absolute atomic E-state index is 13.3. The van der Waals surface area contributed by atoms with Crippen LogP contribution in [0.3, 0.4) is 0 Å². The number of carbonyl (C=O) groups excluding carboxylic acids is 4. The van der Waals surface area contributed by atoms with Gasteiger partial charge >= 0.3 is 11.9 Å². The van der Waals surface area contributed by atoms with E-state index in [1.807, 2.05) is 0 Å². The Bertz CT molecular complexity index is 1340. The van der Waals surface area contributed by atoms with Gasteiger partial charge in [-0.2, -0.15) is 0 Å². The van der Waals surface area contributed by atoms with Crippen LogP contribution in [-0.4, -0.2) is 78.6 Å². The number of hydrogen-bond acceptors (Lipinski definition) is 10. The molecule has 0 spiro atoms. The summed E-state index contributed by atoms with van der Waals surface area (Å²) in [6, 6.07) is 4.19. The average Bonchev–Trinajstić information content (AvgIpc) is 2.88. The van der Waals surface area contributed by atoms with Gasteiger partial charge in [-0.15, -0.1) is 11.8 Å². The molecule has 3 atom stereocenters. The number of phenols is 1. The zero-order chi connectivity index (χ0) is 27.6. The van der Waals surface area contributed by atoms with Crippen LogP contribution in [0.15, 0.2) is 54.0 Å². The molecular formula is C24H22N4O9S. The minimum atomic E-state index is -1.37. The molecule has 3 heterocycles. The van der Waals surface area contributed by atoms with Crippen molar-refractivity contribution in [3.63, 3.8) is 0 Å². The number of nitrogens with zero attached hydrogens (tertiary/aromatic N) is 2. The first-order valence-electron chi connectivity index (χ1n) is 11.1. The average molecular weight is 543 g/mol. The quantitative estimate of drug-likeness (QED) is 0.227. The van der Waals surface area contributed by atoms with Gasteiger partial charge in [-0.1, -0.05) is 12.1 Å². The lowest BCUT2D eigenvalue weighted by Gasteiger charge is -2.49. The molecule has 2 aromatic rings. The highest BCUT2D eigenvalue weighted by Gasteiger charge is 2.54. The van der Waals surface area contributed by atoms with E-state index >= 15 is 0 Å². The molecule has 2 aliphatic rings. The zero-order valence-electron chi connectivity index (χ0n) is 19.8. The molecule has 1 fully saturated rings. The molecule has 2 aliphatic heterocycles. The minimum Gasteiger partial charge on any atom is -0.508 e. The summed E-state index contributed by atoms with van der Waals surface area (Å²) in [5, 5.41) is 33.6. The van der Waals surface area contributed by atoms with Gasteiger partial charge in [-0.25, -0.2) is 4.79 Å². The van der Waals surface area contributed by atoms with Crippen molar-refractivity contribution in [2.45, 2.75) is 24.4 Å². The number of carbonyl (C=O) groups is 5. The third-order valence-corrected chi connectivity index (χ3v) is 7.14. The Kier molecular flexibility index (Phi) is 7.52. The second-order valence-electron chi connectivity index (χ2n) is 8.32. The van der Waals surface area contributed by atoms with Gasteiger partial charge in [0.2, 0.25) is 5.91 Å². The molecule has 38 heavy (non-hydrogen) atoms. The Balaban J connectivity index is 1.55. The monoisotopic (exact) mass is 542 g/mol. The van der Waals surface area contributed by atoms with Gasteiger partial charge in [0.25, 0.3) is 11.8 Å². The molecular weight excluding hydrogens is 520 g/mol. The van der Waals surface area contributed by atoms with Gasteiger partial charge in [0, 0.05) is 30.6 Å². The van der Waals surface area contributed by atoms with E-state index in [0.29, 0.717) is 0 Å². The number of fused-ring (bicyclic) bond motifs is 1. The van der Waals surface area contributed by atoms with Crippen LogP contribution in [0.2, 0.25) is 0 Å². The Morgan fingerprint density at radius 1 is 1.18 bits per heavy atom. The number of carboxylic acid groups (broad SMARTS) is 1. The van der Waals surface area contributed by atoms with E-state index in [4.69, 9.17) is 4.74 Å². The molecule has 5 N–H and O–H groups in total. The van der Waals surface area contributed by atoms with Crippen LogP contribution >= 0.6 is 11.8 Å². The first kappa shape index (κ1) is 26.5. The van der Waals surface area contributed by atoms with E-state index in [1.165, 1.54) is 55.2 Å². The number of esters is 1. The van der Waals surface area contributed by atoms with Crippen molar-refractivity contribution in [2.24, 2.45) is 0 Å². The van der Waals surface area contributed by atoms with Gasteiger partial charge in [0.1, 0.15) is 41.3 Å². The van der Waals surface area contributed by atoms with E-state index in [9.17, 15) is 39.3 Å². The standard InChI is InChI=1S/C24H22N4O9S/c1-11(29)37-9-13-10-38-23-18(22(34)28(23)19(13)24(35)36)27-21(33)17(12-2-4-14(30)5-3-12)26-20(32)15-8-25-7-6-16(15)31/h2-8,17-18,23,30H,9-10H2,1H3,(H,25,31)(H,26,32)(H,27,33)(H,35,36)/t17?,18-,23-/m1/s1. The normalized spacial score (nSPS) is 19.1. The Morgan fingerprint density at radius 3 is 2.53 bits per heavy atom. The first-order valence-corrected chi connectivity index (χ1v) is 12.2. The molecule has 0 aliphatic carbocycles. The second-order valence-corrected chi connectivity index (χ2v) is 9.43. The van der Waals surface area contributed by atoms with E-state index in [2.05, 4.69) is 15.6 Å². The van der Waals surface area contributed by atoms with Crippen molar-refractivity contribution in [1.29, 1.82) is 0 Å². The number of aromatic hydroxyl groups is 2. The Morgan fingerprint density at radius 2 is 1.89 bits per heavy atom. The first-order chi connectivity index (χ1) is 18.1. The number of ether oxygens (including phenoxy) is 1. The van der Waals surface area contributed by atoms with Crippen molar-refractivity contribution in [1.82, 2.24) is 20.5 Å². The van der Waals surface area contributed by atoms with Crippen LogP contribution in [0.1, 0.15) is 28.9 Å². The number of benzene rings is 1. The number of phenolic OH excluding ortho intramolecular Hbond substituents is 1. The fourth-order valence-electron chi connectivity index (χ4n) is 3.96. The van der Waals surface area contributed by atoms with E-state index in [1.54, 1.807) is 0 Å². The Hall–Kier alpha value is -4.59. The van der Waals surface area contributed by atoms with Crippen LogP contribution in [0.25, 0.3) is 0 Å². The molecule has 198 valence electrons. The number of aliphatic carboxylic acids is 1. The highest BCUT2D eigenvalue weighted by atomic mass is 32.2. The summed E-state index contributed by atoms with van der Waals surface area (Å²) >= 11 is 1.19. The molecule has 13 nitrogen and oxygen atoms in total. The van der Waals surface area contributed by atoms with Crippen molar-refractivity contribution in [2.75, 3.05) is 12.4 Å². The number of thioether (sulfide) groups is 1. The van der Waals surface area contributed by atoms with E-state index in [0.717, 1.165) is 11.1 Å². The van der Waals surface area contributed by atoms with Crippen LogP contribution in [0.5, 0.6) is 11.5 Å². The Labute approximate surface area is 219 Å². The summed E-state index contributed by atoms with van der Waals surface area (Å²) in [5.41, 5.74) is 0.0274. The van der Waals surface area contributed by atoms with E-state index < -0.39 is 47.1 Å². The highest BCUT2D eigenvalue weighted by Crippen LogP contribution is 2.40. The number of β-lactam (4-membered cyclic amide) rings is 1. The summed E-state index contributed by atoms with van der Waals surface area (Å²) in [6.07, 6.45) is 2.40. The third kappa shape index (κ3) is 5.25. The molecule has 0 saturated carbocycles. The van der Waals surface area contributed by atoms with Crippen molar-refractivity contribution in [3.8, 4) is 11.5 Å². The lowest BCUT2D eigenvalue weighted by Crippen LogP contribution is -2.71. The van der Waals surface area contributed by atoms with Gasteiger partial charge in [0.15, 0.2) is 0 Å². The largest absolute Gasteiger partial charge is 0.508 e. The molecule has 14 heteroatoms. The van der Waals surface area contributed by atoms with Crippen molar-refractivity contribution >= 4 is 41.4 Å². The number of pyridine rings is 1. The van der Waals surface area contributed by atoms with Crippen molar-refractivity contribution in [3.05, 3.63) is 65.1 Å². The molecule has 0 radical (unpaired) electrons. The lowest BCUT2D eigenvalue weighted by molar-refractivity contribution is -0.151. The van der Waals surface area contributed by atoms with Crippen LogP contribution in [-0.2, 0) is 23.9 Å². The number of aromatic nitrogens is 1. The maximum atomic E-state index is 13.3. The molecule has 1 aromatic heterocycles. The molecule has 0 bridgehead atoms. The predicted octanol–water partition coefficient (Wildman–Crippen LogP) is 0.266. The summed E-state index contributed by atoms with van der Waals surface area (Å²) in [6.45, 7) is 0.896. The topological polar surface area (TPSA) is 195 Å². The maximum Gasteiger partial charge on any atom is 0.352 e. The van der Waals surface area contributed by atoms with Crippen LogP contribution < -0.4 is 10.6 Å². The predicted molar refractivity (Wildman–Crippen MR) is 131 cm³/mol. The van der Waals surface area contributed by atoms with Crippen LogP contribution in [0, 0.1) is 0 Å². The highest BCUT2D eigenvalue weighted by molar-refractivity contribution is 8.00. The molecule has 1 saturated heterocycles. The van der Waals surface area contributed by atoms with Crippen LogP contribution in [0.4, 0.5) is 0 Å². The van der Waals surface area contributed by atoms with Gasteiger partial charge in [0.05, 0.1) is 5.56 Å². The second kappa shape index (κ2) is 10.8. The third-order valence-electron chi connectivity index (χ3n) is 5.80. The summed E-state index contributed by atoms with van der Waals surface area (Å²) in [5.74, 6) is -4.55. The molecule has 4 rings (SSSR count). The van der Waals surface area contributed by atoms with E-state index in [-0.39, 0.29) is 46.3 Å². The number of hydrogen-bond donors (Lipinski definition) is 5. The lowest BCUT2D eigenvalue weighted by atomic mass is 10.0. The SMILES string of the molecule is CC(=O)OCC1=C(C(=O)O)N2C(=O)[C@@H](NC(=O)C(NC(=O)c3cnccc3O)c3ccc(O)cc3)[C@H]2SC1.